The Hall–Kier alpha value is -2.46. The number of hydrogen-bond donors (Lipinski definition) is 3. The van der Waals surface area contributed by atoms with Crippen molar-refractivity contribution in [2.75, 3.05) is 0 Å². The first kappa shape index (κ1) is 30.5. The lowest BCUT2D eigenvalue weighted by molar-refractivity contribution is -0.134. The summed E-state index contributed by atoms with van der Waals surface area (Å²) < 4.78 is 6.32. The van der Waals surface area contributed by atoms with Crippen molar-refractivity contribution in [2.45, 2.75) is 63.3 Å². The molecule has 212 valence electrons. The van der Waals surface area contributed by atoms with E-state index in [0.29, 0.717) is 37.9 Å². The molecule has 2 aromatic carbocycles. The van der Waals surface area contributed by atoms with E-state index in [-0.39, 0.29) is 17.8 Å². The predicted octanol–water partition coefficient (Wildman–Crippen LogP) is 7.14. The molecule has 1 aliphatic carbocycles. The van der Waals surface area contributed by atoms with Crippen LogP contribution in [-0.4, -0.2) is 39.6 Å². The summed E-state index contributed by atoms with van der Waals surface area (Å²) in [5, 5.41) is 31.4. The van der Waals surface area contributed by atoms with Crippen LogP contribution in [0.2, 0.25) is 0 Å². The van der Waals surface area contributed by atoms with Gasteiger partial charge in [-0.3, -0.25) is 4.79 Å². The van der Waals surface area contributed by atoms with Gasteiger partial charge in [0.05, 0.1) is 18.3 Å². The van der Waals surface area contributed by atoms with E-state index in [0.717, 1.165) is 27.1 Å². The second-order valence-corrected chi connectivity index (χ2v) is 13.1. The average Bonchev–Trinajstić information content (AvgIpc) is 3.50. The monoisotopic (exact) mass is 596 g/mol. The van der Waals surface area contributed by atoms with Gasteiger partial charge in [0.2, 0.25) is 0 Å². The second-order valence-electron chi connectivity index (χ2n) is 10.2. The molecule has 1 saturated carbocycles. The molecular formula is C32H36O5S3. The van der Waals surface area contributed by atoms with E-state index in [1.807, 2.05) is 66.8 Å². The predicted molar refractivity (Wildman–Crippen MR) is 165 cm³/mol. The molecule has 3 N–H and O–H groups in total. The van der Waals surface area contributed by atoms with Gasteiger partial charge >= 0.3 is 5.97 Å². The van der Waals surface area contributed by atoms with E-state index >= 15 is 0 Å². The molecule has 5 nitrogen and oxygen atoms in total. The standard InChI is InChI=1S/C32H36O5S3/c33-24(15-12-22-8-4-3-5-9-22)16-19-27-26(28(34)20-29(27)35)10-6-1-2-7-11-31(36)37-25-17-13-23(14-18-25)30-21-32(38)40-39-30/h1,3-6,8-9,13-14,16-19,21,24,26-29,33-35H,2,7,10-12,15,20H2/b6-1+,19-16+/t24-,26+,27+,28-,29+/m0/s1. The zero-order valence-corrected chi connectivity index (χ0v) is 24.8. The van der Waals surface area contributed by atoms with Gasteiger partial charge in [0.1, 0.15) is 9.57 Å². The minimum Gasteiger partial charge on any atom is -0.427 e. The summed E-state index contributed by atoms with van der Waals surface area (Å²) in [5.74, 6) is -0.0468. The highest BCUT2D eigenvalue weighted by Crippen LogP contribution is 2.36. The van der Waals surface area contributed by atoms with Crippen molar-refractivity contribution in [3.05, 3.63) is 94.4 Å². The fourth-order valence-corrected chi connectivity index (χ4v) is 7.40. The summed E-state index contributed by atoms with van der Waals surface area (Å²) >= 11 is 5.19. The van der Waals surface area contributed by atoms with Gasteiger partial charge in [0.15, 0.2) is 0 Å². The topological polar surface area (TPSA) is 87.0 Å². The number of aliphatic hydroxyl groups is 3. The van der Waals surface area contributed by atoms with Crippen LogP contribution in [0.5, 0.6) is 5.75 Å². The van der Waals surface area contributed by atoms with E-state index in [4.69, 9.17) is 17.0 Å². The van der Waals surface area contributed by atoms with Gasteiger partial charge in [-0.2, -0.15) is 0 Å². The van der Waals surface area contributed by atoms with Gasteiger partial charge in [-0.15, -0.1) is 0 Å². The number of rotatable bonds is 13. The van der Waals surface area contributed by atoms with E-state index in [2.05, 4.69) is 0 Å². The fraction of sp³-hybridized carbons (Fsp3) is 0.375. The molecule has 0 radical (unpaired) electrons. The van der Waals surface area contributed by atoms with Crippen LogP contribution in [0.1, 0.15) is 44.1 Å². The van der Waals surface area contributed by atoms with Crippen molar-refractivity contribution in [3.63, 3.8) is 0 Å². The Morgan fingerprint density at radius 3 is 2.55 bits per heavy atom. The molecule has 40 heavy (non-hydrogen) atoms. The normalized spacial score (nSPS) is 21.8. The number of aryl methyl sites for hydroxylation is 1. The van der Waals surface area contributed by atoms with Crippen LogP contribution in [0.4, 0.5) is 0 Å². The number of ether oxygens (including phenoxy) is 1. The SMILES string of the molecule is O=C(CCC/C=C/C[C@@H]1[C@@H](/C=C/[C@@H](O)CCc2ccccc2)[C@H](O)C[C@@H]1O)Oc1ccc(-c2cc(=S)ss2)cc1. The minimum absolute atomic E-state index is 0.107. The molecule has 1 fully saturated rings. The van der Waals surface area contributed by atoms with Crippen LogP contribution in [0.15, 0.2) is 85.0 Å². The number of hydrogen-bond acceptors (Lipinski definition) is 8. The van der Waals surface area contributed by atoms with E-state index in [1.165, 1.54) is 5.56 Å². The number of aliphatic hydroxyl groups excluding tert-OH is 3. The summed E-state index contributed by atoms with van der Waals surface area (Å²) in [7, 11) is 3.21. The third-order valence-electron chi connectivity index (χ3n) is 7.20. The Morgan fingerprint density at radius 2 is 1.82 bits per heavy atom. The van der Waals surface area contributed by atoms with Crippen molar-refractivity contribution < 1.29 is 24.9 Å². The second kappa shape index (κ2) is 15.5. The molecule has 0 saturated heterocycles. The third kappa shape index (κ3) is 9.29. The molecule has 0 unspecified atom stereocenters. The Balaban J connectivity index is 1.16. The Bertz CT molecular complexity index is 1310. The van der Waals surface area contributed by atoms with Crippen molar-refractivity contribution in [1.29, 1.82) is 0 Å². The summed E-state index contributed by atoms with van der Waals surface area (Å²) in [6.07, 6.45) is 9.90. The highest BCUT2D eigenvalue weighted by Gasteiger charge is 2.39. The van der Waals surface area contributed by atoms with Crippen molar-refractivity contribution in [2.24, 2.45) is 11.8 Å². The number of allylic oxidation sites excluding steroid dienone is 2. The minimum atomic E-state index is -0.625. The number of esters is 1. The first-order valence-electron chi connectivity index (χ1n) is 13.7. The van der Waals surface area contributed by atoms with Crippen LogP contribution >= 0.6 is 32.9 Å². The molecule has 1 heterocycles. The zero-order chi connectivity index (χ0) is 28.3. The van der Waals surface area contributed by atoms with Crippen molar-refractivity contribution >= 4 is 38.9 Å². The third-order valence-corrected chi connectivity index (χ3v) is 10.1. The molecular weight excluding hydrogens is 561 g/mol. The lowest BCUT2D eigenvalue weighted by atomic mass is 9.89. The molecule has 1 aliphatic rings. The Morgan fingerprint density at radius 1 is 1.05 bits per heavy atom. The Kier molecular flexibility index (Phi) is 11.8. The average molecular weight is 597 g/mol. The van der Waals surface area contributed by atoms with E-state index in [1.54, 1.807) is 38.9 Å². The first-order chi connectivity index (χ1) is 19.4. The first-order valence-corrected chi connectivity index (χ1v) is 16.3. The summed E-state index contributed by atoms with van der Waals surface area (Å²) in [6.45, 7) is 0. The molecule has 0 spiro atoms. The summed E-state index contributed by atoms with van der Waals surface area (Å²) in [4.78, 5) is 13.4. The lowest BCUT2D eigenvalue weighted by Crippen LogP contribution is -2.20. The molecule has 0 bridgehead atoms. The van der Waals surface area contributed by atoms with E-state index in [9.17, 15) is 20.1 Å². The van der Waals surface area contributed by atoms with E-state index < -0.39 is 18.3 Å². The maximum atomic E-state index is 12.2. The van der Waals surface area contributed by atoms with Crippen LogP contribution < -0.4 is 4.74 Å². The van der Waals surface area contributed by atoms with Crippen molar-refractivity contribution in [1.82, 2.24) is 0 Å². The van der Waals surface area contributed by atoms with Crippen molar-refractivity contribution in [3.8, 4) is 16.2 Å². The lowest BCUT2D eigenvalue weighted by Gasteiger charge is -2.19. The smallest absolute Gasteiger partial charge is 0.311 e. The highest BCUT2D eigenvalue weighted by atomic mass is 32.9. The number of unbranched alkanes of at least 4 members (excludes halogenated alkanes) is 1. The quantitative estimate of drug-likeness (QED) is 0.0486. The zero-order valence-electron chi connectivity index (χ0n) is 22.3. The number of carbonyl (C=O) groups is 1. The van der Waals surface area contributed by atoms with Crippen LogP contribution in [-0.2, 0) is 11.2 Å². The van der Waals surface area contributed by atoms with Crippen LogP contribution in [0.25, 0.3) is 10.4 Å². The molecule has 3 aromatic rings. The maximum absolute atomic E-state index is 12.2. The molecule has 0 aliphatic heterocycles. The van der Waals surface area contributed by atoms with Gasteiger partial charge in [-0.1, -0.05) is 87.5 Å². The van der Waals surface area contributed by atoms with Gasteiger partial charge < -0.3 is 20.1 Å². The molecule has 1 aromatic heterocycles. The largest absolute Gasteiger partial charge is 0.427 e. The summed E-state index contributed by atoms with van der Waals surface area (Å²) in [6, 6.07) is 19.5. The van der Waals surface area contributed by atoms with Crippen LogP contribution in [0.3, 0.4) is 0 Å². The Labute approximate surface area is 248 Å². The van der Waals surface area contributed by atoms with Crippen LogP contribution in [0, 0.1) is 15.7 Å². The highest BCUT2D eigenvalue weighted by molar-refractivity contribution is 7.80. The number of carbonyl (C=O) groups excluding carboxylic acids is 1. The van der Waals surface area contributed by atoms with Gasteiger partial charge in [0, 0.05) is 23.6 Å². The van der Waals surface area contributed by atoms with Gasteiger partial charge in [-0.05, 0) is 79.5 Å². The summed E-state index contributed by atoms with van der Waals surface area (Å²) in [5.41, 5.74) is 2.23. The molecule has 0 amide bonds. The fourth-order valence-electron chi connectivity index (χ4n) is 5.00. The maximum Gasteiger partial charge on any atom is 0.311 e. The molecule has 8 heteroatoms. The van der Waals surface area contributed by atoms with Gasteiger partial charge in [-0.25, -0.2) is 0 Å². The number of benzene rings is 2. The van der Waals surface area contributed by atoms with Gasteiger partial charge in [0.25, 0.3) is 0 Å². The molecule has 5 atom stereocenters. The molecule has 4 rings (SSSR count).